The quantitative estimate of drug-likeness (QED) is 0.572. The summed E-state index contributed by atoms with van der Waals surface area (Å²) in [5.41, 5.74) is 3.44. The summed E-state index contributed by atoms with van der Waals surface area (Å²) in [4.78, 5) is 30.3. The number of fused-ring (bicyclic) bond motifs is 1. The number of hydrogen-bond donors (Lipinski definition) is 0. The molecule has 3 aromatic rings. The molecular formula is C26H21FN2O3. The lowest BCUT2D eigenvalue weighted by Gasteiger charge is -2.22. The third kappa shape index (κ3) is 3.15. The van der Waals surface area contributed by atoms with Crippen molar-refractivity contribution in [3.05, 3.63) is 101 Å². The molecule has 0 radical (unpaired) electrons. The molecule has 3 aromatic carbocycles. The molecule has 0 saturated carbocycles. The fraction of sp³-hybridized carbons (Fsp3) is 0.154. The number of anilines is 1. The van der Waals surface area contributed by atoms with Crippen LogP contribution in [0.25, 0.3) is 5.57 Å². The number of carbonyl (C=O) groups is 2. The lowest BCUT2D eigenvalue weighted by atomic mass is 10.0. The molecule has 2 aliphatic rings. The number of ether oxygens (including phenoxy) is 1. The molecule has 0 fully saturated rings. The van der Waals surface area contributed by atoms with Gasteiger partial charge in [-0.15, -0.1) is 0 Å². The molecule has 0 aromatic heterocycles. The van der Waals surface area contributed by atoms with Crippen LogP contribution in [0.4, 0.5) is 10.1 Å². The lowest BCUT2D eigenvalue weighted by Crippen LogP contribution is -2.34. The van der Waals surface area contributed by atoms with Gasteiger partial charge in [-0.05, 0) is 30.2 Å². The normalized spacial score (nSPS) is 15.6. The minimum absolute atomic E-state index is 0.137. The zero-order chi connectivity index (χ0) is 22.2. The summed E-state index contributed by atoms with van der Waals surface area (Å²) in [5, 5.41) is 0. The van der Waals surface area contributed by atoms with Crippen LogP contribution in [0.2, 0.25) is 0 Å². The van der Waals surface area contributed by atoms with Gasteiger partial charge in [0, 0.05) is 23.4 Å². The molecule has 0 aliphatic carbocycles. The molecule has 0 spiro atoms. The van der Waals surface area contributed by atoms with Gasteiger partial charge < -0.3 is 9.64 Å². The van der Waals surface area contributed by atoms with E-state index >= 15 is 0 Å². The number of amides is 2. The maximum absolute atomic E-state index is 14.3. The molecule has 2 aliphatic heterocycles. The van der Waals surface area contributed by atoms with Crippen molar-refractivity contribution in [3.8, 4) is 5.75 Å². The number of halogens is 1. The summed E-state index contributed by atoms with van der Waals surface area (Å²) in [5.74, 6) is -0.841. The van der Waals surface area contributed by atoms with Crippen LogP contribution in [0, 0.1) is 5.82 Å². The first-order valence-corrected chi connectivity index (χ1v) is 10.4. The van der Waals surface area contributed by atoms with E-state index in [2.05, 4.69) is 0 Å². The summed E-state index contributed by atoms with van der Waals surface area (Å²) in [6.07, 6.45) is 0.771. The third-order valence-electron chi connectivity index (χ3n) is 5.96. The first-order valence-electron chi connectivity index (χ1n) is 10.4. The molecule has 5 rings (SSSR count). The Bertz CT molecular complexity index is 1270. The molecule has 0 unspecified atom stereocenters. The molecule has 0 atom stereocenters. The second-order valence-electron chi connectivity index (χ2n) is 7.74. The van der Waals surface area contributed by atoms with Gasteiger partial charge in [-0.3, -0.25) is 14.5 Å². The molecule has 6 heteroatoms. The second kappa shape index (κ2) is 7.96. The van der Waals surface area contributed by atoms with E-state index < -0.39 is 17.6 Å². The van der Waals surface area contributed by atoms with Gasteiger partial charge in [-0.1, -0.05) is 54.6 Å². The average Bonchev–Trinajstić information content (AvgIpc) is 3.34. The fourth-order valence-electron chi connectivity index (χ4n) is 4.42. The summed E-state index contributed by atoms with van der Waals surface area (Å²) in [6.45, 7) is 0.446. The van der Waals surface area contributed by atoms with Crippen LogP contribution in [0.5, 0.6) is 5.75 Å². The van der Waals surface area contributed by atoms with E-state index in [-0.39, 0.29) is 17.7 Å². The molecule has 160 valence electrons. The van der Waals surface area contributed by atoms with Gasteiger partial charge in [-0.2, -0.15) is 0 Å². The fourth-order valence-corrected chi connectivity index (χ4v) is 4.42. The molecule has 0 saturated heterocycles. The topological polar surface area (TPSA) is 49.9 Å². The van der Waals surface area contributed by atoms with Crippen molar-refractivity contribution in [3.63, 3.8) is 0 Å². The Labute approximate surface area is 185 Å². The van der Waals surface area contributed by atoms with Crippen LogP contribution in [-0.4, -0.2) is 30.4 Å². The lowest BCUT2D eigenvalue weighted by molar-refractivity contribution is -0.137. The minimum Gasteiger partial charge on any atom is -0.496 e. The number of para-hydroxylation sites is 2. The molecule has 0 bridgehead atoms. The zero-order valence-corrected chi connectivity index (χ0v) is 17.5. The van der Waals surface area contributed by atoms with Crippen molar-refractivity contribution < 1.29 is 18.7 Å². The zero-order valence-electron chi connectivity index (χ0n) is 17.5. The van der Waals surface area contributed by atoms with Gasteiger partial charge in [0.05, 0.1) is 19.2 Å². The molecule has 2 amide bonds. The molecule has 2 heterocycles. The molecular weight excluding hydrogens is 407 g/mol. The van der Waals surface area contributed by atoms with E-state index in [1.165, 1.54) is 13.2 Å². The van der Waals surface area contributed by atoms with Crippen molar-refractivity contribution in [2.24, 2.45) is 0 Å². The second-order valence-corrected chi connectivity index (χ2v) is 7.74. The number of benzene rings is 3. The Balaban J connectivity index is 1.65. The van der Waals surface area contributed by atoms with E-state index in [1.54, 1.807) is 36.4 Å². The molecule has 5 nitrogen and oxygen atoms in total. The average molecular weight is 428 g/mol. The van der Waals surface area contributed by atoms with Crippen LogP contribution in [0.15, 0.2) is 78.5 Å². The van der Waals surface area contributed by atoms with Crippen LogP contribution in [0.3, 0.4) is 0 Å². The largest absolute Gasteiger partial charge is 0.496 e. The van der Waals surface area contributed by atoms with E-state index in [0.29, 0.717) is 23.6 Å². The van der Waals surface area contributed by atoms with Gasteiger partial charge >= 0.3 is 0 Å². The van der Waals surface area contributed by atoms with Crippen molar-refractivity contribution in [1.29, 1.82) is 0 Å². The number of carbonyl (C=O) groups excluding carboxylic acids is 2. The Kier molecular flexibility index (Phi) is 4.98. The highest BCUT2D eigenvalue weighted by Gasteiger charge is 2.44. The maximum Gasteiger partial charge on any atom is 0.278 e. The Morgan fingerprint density at radius 3 is 2.44 bits per heavy atom. The Hall–Kier alpha value is -3.93. The highest BCUT2D eigenvalue weighted by atomic mass is 19.1. The summed E-state index contributed by atoms with van der Waals surface area (Å²) < 4.78 is 19.8. The van der Waals surface area contributed by atoms with Gasteiger partial charge in [0.1, 0.15) is 17.3 Å². The van der Waals surface area contributed by atoms with Crippen molar-refractivity contribution in [2.75, 3.05) is 18.6 Å². The highest BCUT2D eigenvalue weighted by Crippen LogP contribution is 2.41. The van der Waals surface area contributed by atoms with Crippen molar-refractivity contribution >= 4 is 23.1 Å². The van der Waals surface area contributed by atoms with Gasteiger partial charge in [0.25, 0.3) is 11.8 Å². The number of hydrogen-bond acceptors (Lipinski definition) is 4. The van der Waals surface area contributed by atoms with Gasteiger partial charge in [0.15, 0.2) is 0 Å². The Morgan fingerprint density at radius 2 is 1.62 bits per heavy atom. The summed E-state index contributed by atoms with van der Waals surface area (Å²) >= 11 is 0. The van der Waals surface area contributed by atoms with Crippen LogP contribution < -0.4 is 9.64 Å². The van der Waals surface area contributed by atoms with Crippen LogP contribution in [-0.2, 0) is 22.6 Å². The number of rotatable bonds is 5. The van der Waals surface area contributed by atoms with Gasteiger partial charge in [0.2, 0.25) is 0 Å². The third-order valence-corrected chi connectivity index (χ3v) is 5.96. The van der Waals surface area contributed by atoms with Crippen molar-refractivity contribution in [2.45, 2.75) is 13.0 Å². The highest BCUT2D eigenvalue weighted by molar-refractivity contribution is 6.37. The summed E-state index contributed by atoms with van der Waals surface area (Å²) in [7, 11) is 1.53. The predicted octanol–water partition coefficient (Wildman–Crippen LogP) is 4.18. The monoisotopic (exact) mass is 428 g/mol. The van der Waals surface area contributed by atoms with E-state index in [0.717, 1.165) is 22.6 Å². The SMILES string of the molecule is COc1ccccc1C1=C(N2CCc3ccccc32)C(=O)N(Cc2ccccc2F)C1=O. The number of imide groups is 1. The van der Waals surface area contributed by atoms with Crippen LogP contribution in [0.1, 0.15) is 16.7 Å². The Morgan fingerprint density at radius 1 is 0.906 bits per heavy atom. The van der Waals surface area contributed by atoms with E-state index in [9.17, 15) is 14.0 Å². The minimum atomic E-state index is -0.456. The first-order chi connectivity index (χ1) is 15.6. The first kappa shape index (κ1) is 20.0. The van der Waals surface area contributed by atoms with Crippen LogP contribution >= 0.6 is 0 Å². The molecule has 0 N–H and O–H groups in total. The van der Waals surface area contributed by atoms with E-state index in [1.807, 2.05) is 35.2 Å². The smallest absolute Gasteiger partial charge is 0.278 e. The predicted molar refractivity (Wildman–Crippen MR) is 119 cm³/mol. The van der Waals surface area contributed by atoms with Crippen molar-refractivity contribution in [1.82, 2.24) is 4.90 Å². The summed E-state index contributed by atoms with van der Waals surface area (Å²) in [6, 6.07) is 21.2. The standard InChI is InChI=1S/C26H21FN2O3/c1-32-22-13-7-4-10-19(22)23-24(28-15-14-17-8-3-6-12-21(17)28)26(31)29(25(23)30)16-18-9-2-5-11-20(18)27/h2-13H,14-16H2,1H3. The van der Waals surface area contributed by atoms with Gasteiger partial charge in [-0.25, -0.2) is 4.39 Å². The maximum atomic E-state index is 14.3. The number of methoxy groups -OCH3 is 1. The van der Waals surface area contributed by atoms with E-state index in [4.69, 9.17) is 4.74 Å². The number of nitrogens with zero attached hydrogens (tertiary/aromatic N) is 2. The molecule has 32 heavy (non-hydrogen) atoms.